The van der Waals surface area contributed by atoms with Crippen LogP contribution in [0.25, 0.3) is 16.8 Å². The van der Waals surface area contributed by atoms with Gasteiger partial charge in [-0.25, -0.2) is 9.79 Å². The number of hydrogen-bond donors (Lipinski definition) is 0. The lowest BCUT2D eigenvalue weighted by molar-refractivity contribution is -0.129. The Morgan fingerprint density at radius 3 is 2.36 bits per heavy atom. The highest BCUT2D eigenvalue weighted by Crippen LogP contribution is 2.26. The number of carbonyl (C=O) groups is 1. The summed E-state index contributed by atoms with van der Waals surface area (Å²) < 4.78 is 11.5. The molecule has 0 N–H and O–H groups in total. The van der Waals surface area contributed by atoms with Gasteiger partial charge in [0.15, 0.2) is 5.70 Å². The molecule has 0 aliphatic carbocycles. The summed E-state index contributed by atoms with van der Waals surface area (Å²) in [6.07, 6.45) is 3.24. The van der Waals surface area contributed by atoms with Gasteiger partial charge in [0.1, 0.15) is 11.9 Å². The molecule has 0 bridgehead atoms. The molecule has 0 spiro atoms. The zero-order valence-corrected chi connectivity index (χ0v) is 17.8. The van der Waals surface area contributed by atoms with Crippen LogP contribution in [-0.2, 0) is 9.53 Å². The van der Waals surface area contributed by atoms with Crippen LogP contribution in [-0.4, -0.2) is 11.9 Å². The number of esters is 1. The highest BCUT2D eigenvalue weighted by atomic mass is 16.6. The Balaban J connectivity index is 1.37. The lowest BCUT2D eigenvalue weighted by Gasteiger charge is -2.16. The van der Waals surface area contributed by atoms with E-state index >= 15 is 0 Å². The SMILES string of the molecule is C=CC(Oc1ccc(C=C2N=C(c3cccc4ccccc34)OC2=O)cc1)c1ccccc1. The first-order chi connectivity index (χ1) is 16.2. The molecule has 1 aliphatic heterocycles. The number of benzene rings is 4. The summed E-state index contributed by atoms with van der Waals surface area (Å²) in [6.45, 7) is 3.88. The first kappa shape index (κ1) is 20.5. The molecule has 0 saturated carbocycles. The third kappa shape index (κ3) is 4.32. The largest absolute Gasteiger partial charge is 0.482 e. The van der Waals surface area contributed by atoms with E-state index in [4.69, 9.17) is 9.47 Å². The van der Waals surface area contributed by atoms with Crippen LogP contribution in [0.15, 0.2) is 120 Å². The van der Waals surface area contributed by atoms with E-state index in [1.54, 1.807) is 12.2 Å². The molecule has 4 aromatic carbocycles. The summed E-state index contributed by atoms with van der Waals surface area (Å²) in [5.41, 5.74) is 2.92. The number of nitrogens with zero attached hydrogens (tertiary/aromatic N) is 1. The molecule has 1 aliphatic rings. The Kier molecular flexibility index (Phi) is 5.56. The fourth-order valence-corrected chi connectivity index (χ4v) is 3.78. The van der Waals surface area contributed by atoms with E-state index in [2.05, 4.69) is 11.6 Å². The molecule has 0 amide bonds. The van der Waals surface area contributed by atoms with Crippen LogP contribution in [0.1, 0.15) is 22.8 Å². The third-order valence-electron chi connectivity index (χ3n) is 5.43. The number of aliphatic imine (C=N–C) groups is 1. The molecule has 0 radical (unpaired) electrons. The molecule has 5 rings (SSSR count). The summed E-state index contributed by atoms with van der Waals surface area (Å²) in [6, 6.07) is 31.2. The predicted octanol–water partition coefficient (Wildman–Crippen LogP) is 6.49. The molecule has 0 aromatic heterocycles. The maximum atomic E-state index is 12.5. The van der Waals surface area contributed by atoms with Crippen LogP contribution in [0.4, 0.5) is 0 Å². The third-order valence-corrected chi connectivity index (χ3v) is 5.43. The minimum Gasteiger partial charge on any atom is -0.482 e. The highest BCUT2D eigenvalue weighted by Gasteiger charge is 2.25. The zero-order valence-electron chi connectivity index (χ0n) is 17.8. The lowest BCUT2D eigenvalue weighted by atomic mass is 10.0. The van der Waals surface area contributed by atoms with Gasteiger partial charge in [-0.2, -0.15) is 0 Å². The van der Waals surface area contributed by atoms with Gasteiger partial charge in [0.05, 0.1) is 0 Å². The average Bonchev–Trinajstić information content (AvgIpc) is 3.23. The van der Waals surface area contributed by atoms with Crippen molar-refractivity contribution in [3.63, 3.8) is 0 Å². The summed E-state index contributed by atoms with van der Waals surface area (Å²) >= 11 is 0. The first-order valence-corrected chi connectivity index (χ1v) is 10.7. The van der Waals surface area contributed by atoms with Crippen molar-refractivity contribution in [2.24, 2.45) is 4.99 Å². The Morgan fingerprint density at radius 1 is 0.848 bits per heavy atom. The van der Waals surface area contributed by atoms with Crippen LogP contribution < -0.4 is 4.74 Å². The minimum absolute atomic E-state index is 0.243. The van der Waals surface area contributed by atoms with Gasteiger partial charge >= 0.3 is 5.97 Å². The van der Waals surface area contributed by atoms with Crippen LogP contribution in [0.5, 0.6) is 5.75 Å². The van der Waals surface area contributed by atoms with Gasteiger partial charge in [0.25, 0.3) is 0 Å². The van der Waals surface area contributed by atoms with Crippen molar-refractivity contribution in [3.8, 4) is 5.75 Å². The number of fused-ring (bicyclic) bond motifs is 1. The number of cyclic esters (lactones) is 1. The normalized spacial score (nSPS) is 15.2. The van der Waals surface area contributed by atoms with Crippen molar-refractivity contribution < 1.29 is 14.3 Å². The molecule has 160 valence electrons. The molecule has 4 aromatic rings. The van der Waals surface area contributed by atoms with Crippen LogP contribution in [0, 0.1) is 0 Å². The number of rotatable bonds is 6. The summed E-state index contributed by atoms with van der Waals surface area (Å²) in [5.74, 6) is 0.564. The van der Waals surface area contributed by atoms with Gasteiger partial charge in [0, 0.05) is 5.56 Å². The second-order valence-corrected chi connectivity index (χ2v) is 7.62. The van der Waals surface area contributed by atoms with Gasteiger partial charge in [0.2, 0.25) is 5.90 Å². The van der Waals surface area contributed by atoms with Crippen molar-refractivity contribution >= 4 is 28.7 Å². The lowest BCUT2D eigenvalue weighted by Crippen LogP contribution is -2.05. The van der Waals surface area contributed by atoms with E-state index in [0.717, 1.165) is 27.5 Å². The fraction of sp³-hybridized carbons (Fsp3) is 0.0345. The summed E-state index contributed by atoms with van der Waals surface area (Å²) in [4.78, 5) is 16.9. The Bertz CT molecular complexity index is 1380. The van der Waals surface area contributed by atoms with Gasteiger partial charge in [-0.1, -0.05) is 85.4 Å². The molecule has 0 saturated heterocycles. The Morgan fingerprint density at radius 2 is 1.58 bits per heavy atom. The van der Waals surface area contributed by atoms with Gasteiger partial charge in [-0.3, -0.25) is 0 Å². The molecule has 1 heterocycles. The second-order valence-electron chi connectivity index (χ2n) is 7.62. The quantitative estimate of drug-likeness (QED) is 0.199. The number of carbonyl (C=O) groups excluding carboxylic acids is 1. The average molecular weight is 431 g/mol. The fourth-order valence-electron chi connectivity index (χ4n) is 3.78. The predicted molar refractivity (Wildman–Crippen MR) is 131 cm³/mol. The van der Waals surface area contributed by atoms with Crippen molar-refractivity contribution in [3.05, 3.63) is 132 Å². The zero-order chi connectivity index (χ0) is 22.6. The first-order valence-electron chi connectivity index (χ1n) is 10.7. The van der Waals surface area contributed by atoms with Crippen molar-refractivity contribution in [1.29, 1.82) is 0 Å². The monoisotopic (exact) mass is 431 g/mol. The van der Waals surface area contributed by atoms with Crippen LogP contribution in [0.3, 0.4) is 0 Å². The van der Waals surface area contributed by atoms with Crippen LogP contribution in [0.2, 0.25) is 0 Å². The van der Waals surface area contributed by atoms with Gasteiger partial charge < -0.3 is 9.47 Å². The topological polar surface area (TPSA) is 47.9 Å². The summed E-state index contributed by atoms with van der Waals surface area (Å²) in [5, 5.41) is 2.06. The smallest absolute Gasteiger partial charge is 0.363 e. The standard InChI is InChI=1S/C29H21NO3/c1-2-27(22-10-4-3-5-11-22)32-23-17-15-20(16-18-23)19-26-29(31)33-28(30-26)25-14-8-12-21-9-6-7-13-24(21)25/h2-19,27H,1H2. The van der Waals surface area contributed by atoms with E-state index in [0.29, 0.717) is 11.6 Å². The molecule has 1 unspecified atom stereocenters. The number of ether oxygens (including phenoxy) is 2. The van der Waals surface area contributed by atoms with Gasteiger partial charge in [-0.15, -0.1) is 0 Å². The van der Waals surface area contributed by atoms with E-state index < -0.39 is 5.97 Å². The minimum atomic E-state index is -0.464. The van der Waals surface area contributed by atoms with E-state index in [9.17, 15) is 4.79 Å². The van der Waals surface area contributed by atoms with Crippen molar-refractivity contribution in [1.82, 2.24) is 0 Å². The van der Waals surface area contributed by atoms with E-state index in [1.807, 2.05) is 97.1 Å². The van der Waals surface area contributed by atoms with E-state index in [-0.39, 0.29) is 11.8 Å². The van der Waals surface area contributed by atoms with Crippen molar-refractivity contribution in [2.75, 3.05) is 0 Å². The van der Waals surface area contributed by atoms with Gasteiger partial charge in [-0.05, 0) is 52.3 Å². The molecule has 4 nitrogen and oxygen atoms in total. The molecule has 1 atom stereocenters. The second kappa shape index (κ2) is 8.97. The molecule has 33 heavy (non-hydrogen) atoms. The molecular formula is C29H21NO3. The maximum Gasteiger partial charge on any atom is 0.363 e. The highest BCUT2D eigenvalue weighted by molar-refractivity contribution is 6.17. The Hall–Kier alpha value is -4.44. The maximum absolute atomic E-state index is 12.5. The number of hydrogen-bond acceptors (Lipinski definition) is 4. The molecular weight excluding hydrogens is 410 g/mol. The van der Waals surface area contributed by atoms with E-state index in [1.165, 1.54) is 0 Å². The summed E-state index contributed by atoms with van der Waals surface area (Å²) in [7, 11) is 0. The molecule has 4 heteroatoms. The molecule has 0 fully saturated rings. The van der Waals surface area contributed by atoms with Crippen molar-refractivity contribution in [2.45, 2.75) is 6.10 Å². The van der Waals surface area contributed by atoms with Crippen LogP contribution >= 0.6 is 0 Å². The Labute approximate surface area is 192 Å².